The van der Waals surface area contributed by atoms with Crippen molar-refractivity contribution in [1.29, 1.82) is 0 Å². The van der Waals surface area contributed by atoms with E-state index in [4.69, 9.17) is 4.74 Å². The van der Waals surface area contributed by atoms with E-state index < -0.39 is 10.0 Å². The van der Waals surface area contributed by atoms with Crippen LogP contribution in [-0.4, -0.2) is 65.9 Å². The number of ether oxygens (including phenoxy) is 1. The number of hydrogen-bond acceptors (Lipinski definition) is 7. The average molecular weight is 461 g/mol. The van der Waals surface area contributed by atoms with Gasteiger partial charge in [-0.25, -0.2) is 18.1 Å². The molecule has 32 heavy (non-hydrogen) atoms. The average Bonchev–Trinajstić information content (AvgIpc) is 3.27. The minimum atomic E-state index is -3.76. The van der Waals surface area contributed by atoms with Crippen LogP contribution in [0.5, 0.6) is 5.75 Å². The molecule has 2 aromatic heterocycles. The number of likely N-dealkylation sites (N-methyl/N-ethyl adjacent to an activating group) is 1. The van der Waals surface area contributed by atoms with Gasteiger partial charge < -0.3 is 14.6 Å². The fourth-order valence-electron chi connectivity index (χ4n) is 3.99. The third-order valence-corrected chi connectivity index (χ3v) is 7.07. The molecule has 1 aliphatic rings. The Morgan fingerprint density at radius 3 is 2.78 bits per heavy atom. The van der Waals surface area contributed by atoms with Crippen LogP contribution in [0.2, 0.25) is 0 Å². The van der Waals surface area contributed by atoms with Crippen molar-refractivity contribution in [1.82, 2.24) is 29.4 Å². The zero-order valence-electron chi connectivity index (χ0n) is 18.7. The Bertz CT molecular complexity index is 1310. The van der Waals surface area contributed by atoms with E-state index in [2.05, 4.69) is 24.7 Å². The van der Waals surface area contributed by atoms with Crippen molar-refractivity contribution in [3.63, 3.8) is 0 Å². The summed E-state index contributed by atoms with van der Waals surface area (Å²) in [6, 6.07) is 4.49. The quantitative estimate of drug-likeness (QED) is 0.546. The molecule has 11 heteroatoms. The van der Waals surface area contributed by atoms with Crippen LogP contribution in [0.15, 0.2) is 27.9 Å². The summed E-state index contributed by atoms with van der Waals surface area (Å²) in [4.78, 5) is 22.3. The van der Waals surface area contributed by atoms with E-state index in [9.17, 15) is 13.2 Å². The van der Waals surface area contributed by atoms with Gasteiger partial charge in [0, 0.05) is 19.6 Å². The summed E-state index contributed by atoms with van der Waals surface area (Å²) in [6.07, 6.45) is 1.53. The molecule has 1 aliphatic heterocycles. The summed E-state index contributed by atoms with van der Waals surface area (Å²) in [5.41, 5.74) is 1.50. The molecule has 4 rings (SSSR count). The zero-order valence-corrected chi connectivity index (χ0v) is 19.5. The van der Waals surface area contributed by atoms with E-state index in [0.717, 1.165) is 19.4 Å². The Balaban J connectivity index is 1.80. The second-order valence-corrected chi connectivity index (χ2v) is 9.91. The first-order valence-electron chi connectivity index (χ1n) is 10.6. The molecule has 1 atom stereocenters. The van der Waals surface area contributed by atoms with Gasteiger partial charge in [0.2, 0.25) is 10.0 Å². The van der Waals surface area contributed by atoms with Gasteiger partial charge in [0.25, 0.3) is 5.56 Å². The molecule has 10 nitrogen and oxygen atoms in total. The normalized spacial score (nSPS) is 17.3. The van der Waals surface area contributed by atoms with Gasteiger partial charge in [0.15, 0.2) is 5.52 Å². The van der Waals surface area contributed by atoms with Crippen LogP contribution in [0.1, 0.15) is 25.5 Å². The number of H-pyrrole nitrogens is 1. The Hall–Kier alpha value is -2.76. The highest BCUT2D eigenvalue weighted by Crippen LogP contribution is 2.31. The number of aryl methyl sites for hydroxylation is 2. The van der Waals surface area contributed by atoms with Crippen molar-refractivity contribution in [2.45, 2.75) is 37.6 Å². The Kier molecular flexibility index (Phi) is 6.06. The van der Waals surface area contributed by atoms with Crippen LogP contribution in [0.3, 0.4) is 0 Å². The highest BCUT2D eigenvalue weighted by Gasteiger charge is 2.26. The predicted molar refractivity (Wildman–Crippen MR) is 121 cm³/mol. The van der Waals surface area contributed by atoms with Gasteiger partial charge in [-0.1, -0.05) is 6.92 Å². The lowest BCUT2D eigenvalue weighted by Gasteiger charge is -2.16. The molecular formula is C21H28N6O4S. The topological polar surface area (TPSA) is 122 Å². The summed E-state index contributed by atoms with van der Waals surface area (Å²) in [7, 11) is -0.115. The molecule has 0 amide bonds. The molecule has 1 unspecified atom stereocenters. The number of aromatic amines is 1. The first kappa shape index (κ1) is 22.4. The van der Waals surface area contributed by atoms with E-state index in [0.29, 0.717) is 41.2 Å². The highest BCUT2D eigenvalue weighted by molar-refractivity contribution is 7.89. The summed E-state index contributed by atoms with van der Waals surface area (Å²) in [5.74, 6) is 0.692. The van der Waals surface area contributed by atoms with Gasteiger partial charge >= 0.3 is 0 Å². The van der Waals surface area contributed by atoms with Crippen LogP contribution in [-0.2, 0) is 17.1 Å². The molecule has 0 bridgehead atoms. The van der Waals surface area contributed by atoms with Crippen LogP contribution in [0.25, 0.3) is 22.4 Å². The van der Waals surface area contributed by atoms with Gasteiger partial charge in [0.1, 0.15) is 17.1 Å². The van der Waals surface area contributed by atoms with Crippen molar-refractivity contribution < 1.29 is 13.2 Å². The minimum absolute atomic E-state index is 0.0940. The van der Waals surface area contributed by atoms with Gasteiger partial charge in [-0.15, -0.1) is 0 Å². The number of nitrogens with one attached hydrogen (secondary N) is 2. The number of fused-ring (bicyclic) bond motifs is 1. The number of nitrogens with zero attached hydrogens (tertiary/aromatic N) is 4. The maximum atomic E-state index is 13.1. The number of rotatable bonds is 7. The molecule has 3 aromatic rings. The molecule has 0 spiro atoms. The van der Waals surface area contributed by atoms with Crippen molar-refractivity contribution in [3.05, 3.63) is 34.2 Å². The predicted octanol–water partition coefficient (Wildman–Crippen LogP) is 1.40. The van der Waals surface area contributed by atoms with E-state index in [-0.39, 0.29) is 22.3 Å². The van der Waals surface area contributed by atoms with Crippen LogP contribution in [0, 0.1) is 6.92 Å². The molecular weight excluding hydrogens is 432 g/mol. The number of aromatic nitrogens is 4. The smallest absolute Gasteiger partial charge is 0.277 e. The largest absolute Gasteiger partial charge is 0.493 e. The first-order valence-corrected chi connectivity index (χ1v) is 12.1. The van der Waals surface area contributed by atoms with E-state index in [1.807, 2.05) is 14.0 Å². The molecule has 3 heterocycles. The number of sulfonamides is 1. The fourth-order valence-corrected chi connectivity index (χ4v) is 5.27. The summed E-state index contributed by atoms with van der Waals surface area (Å²) in [5, 5.41) is 4.27. The van der Waals surface area contributed by atoms with Crippen LogP contribution < -0.4 is 15.0 Å². The van der Waals surface area contributed by atoms with Crippen molar-refractivity contribution >= 4 is 21.1 Å². The van der Waals surface area contributed by atoms with E-state index >= 15 is 0 Å². The van der Waals surface area contributed by atoms with Crippen LogP contribution >= 0.6 is 0 Å². The molecule has 0 radical (unpaired) electrons. The van der Waals surface area contributed by atoms with Crippen LogP contribution in [0.4, 0.5) is 0 Å². The zero-order chi connectivity index (χ0) is 23.0. The monoisotopic (exact) mass is 460 g/mol. The van der Waals surface area contributed by atoms with E-state index in [1.165, 1.54) is 16.8 Å². The fraction of sp³-hybridized carbons (Fsp3) is 0.476. The lowest BCUT2D eigenvalue weighted by atomic mass is 10.2. The summed E-state index contributed by atoms with van der Waals surface area (Å²) in [6.45, 7) is 5.71. The van der Waals surface area contributed by atoms with Gasteiger partial charge in [-0.3, -0.25) is 9.48 Å². The first-order chi connectivity index (χ1) is 15.2. The second kappa shape index (κ2) is 8.64. The molecule has 1 aromatic carbocycles. The number of benzene rings is 1. The van der Waals surface area contributed by atoms with Gasteiger partial charge in [0.05, 0.1) is 22.8 Å². The van der Waals surface area contributed by atoms with Crippen molar-refractivity contribution in [2.24, 2.45) is 7.05 Å². The van der Waals surface area contributed by atoms with E-state index in [1.54, 1.807) is 20.0 Å². The minimum Gasteiger partial charge on any atom is -0.493 e. The van der Waals surface area contributed by atoms with Crippen molar-refractivity contribution in [2.75, 3.05) is 26.7 Å². The third kappa shape index (κ3) is 4.27. The summed E-state index contributed by atoms with van der Waals surface area (Å²) < 4.78 is 36.2. The maximum absolute atomic E-state index is 13.1. The highest BCUT2D eigenvalue weighted by atomic mass is 32.2. The standard InChI is InChI=1S/C21H28N6O4S/c1-5-10-31-17-7-6-15(32(29,30)25-14-8-9-26(3)12-14)11-16(17)20-22-18-13(2)24-27(4)19(18)21(28)23-20/h6-7,11,14,25H,5,8-10,12H2,1-4H3,(H,22,23,28). The number of likely N-dealkylation sites (tertiary alicyclic amines) is 1. The molecule has 172 valence electrons. The molecule has 2 N–H and O–H groups in total. The lowest BCUT2D eigenvalue weighted by molar-refractivity contribution is 0.318. The summed E-state index contributed by atoms with van der Waals surface area (Å²) >= 11 is 0. The van der Waals surface area contributed by atoms with Crippen molar-refractivity contribution in [3.8, 4) is 17.1 Å². The second-order valence-electron chi connectivity index (χ2n) is 8.20. The maximum Gasteiger partial charge on any atom is 0.277 e. The van der Waals surface area contributed by atoms with Gasteiger partial charge in [-0.05, 0) is 51.6 Å². The lowest BCUT2D eigenvalue weighted by Crippen LogP contribution is -2.36. The molecule has 0 aliphatic carbocycles. The molecule has 1 saturated heterocycles. The number of hydrogen-bond donors (Lipinski definition) is 2. The Labute approximate surface area is 186 Å². The Morgan fingerprint density at radius 2 is 2.09 bits per heavy atom. The Morgan fingerprint density at radius 1 is 1.31 bits per heavy atom. The van der Waals surface area contributed by atoms with Gasteiger partial charge in [-0.2, -0.15) is 5.10 Å². The SMILES string of the molecule is CCCOc1ccc(S(=O)(=O)NC2CCN(C)C2)cc1-c1nc2c(C)nn(C)c2c(=O)[nH]1. The third-order valence-electron chi connectivity index (χ3n) is 5.55. The molecule has 1 fully saturated rings. The molecule has 0 saturated carbocycles.